The summed E-state index contributed by atoms with van der Waals surface area (Å²) >= 11 is 7.10. The second-order valence-electron chi connectivity index (χ2n) is 11.6. The number of thioether (sulfide) groups is 1. The number of alkyl halides is 5. The molecule has 11 nitrogen and oxygen atoms in total. The molecule has 1 aliphatic heterocycles. The number of aryl methyl sites for hydroxylation is 1. The summed E-state index contributed by atoms with van der Waals surface area (Å²) in [6.07, 6.45) is 1.98. The van der Waals surface area contributed by atoms with E-state index in [-0.39, 0.29) is 16.9 Å². The fourth-order valence-corrected chi connectivity index (χ4v) is 6.89. The van der Waals surface area contributed by atoms with Gasteiger partial charge in [-0.05, 0) is 32.0 Å². The predicted molar refractivity (Wildman–Crippen MR) is 179 cm³/mol. The summed E-state index contributed by atoms with van der Waals surface area (Å²) in [4.78, 5) is 17.0. The van der Waals surface area contributed by atoms with E-state index in [0.29, 0.717) is 16.1 Å². The lowest BCUT2D eigenvalue weighted by Crippen LogP contribution is -2.24. The summed E-state index contributed by atoms with van der Waals surface area (Å²) in [5.41, 5.74) is -2.23. The highest BCUT2D eigenvalue weighted by molar-refractivity contribution is 8.13. The molecule has 3 aromatic rings. The molecule has 19 heteroatoms. The van der Waals surface area contributed by atoms with E-state index >= 15 is 0 Å². The molecule has 276 valence electrons. The molecule has 4 rings (SSSR count). The van der Waals surface area contributed by atoms with E-state index in [1.165, 1.54) is 57.4 Å². The normalized spacial score (nSPS) is 14.1. The monoisotopic (exact) mass is 769 g/mol. The number of hydrogen-bond donors (Lipinski definition) is 0. The largest absolute Gasteiger partial charge is 0.435 e. The zero-order chi connectivity index (χ0) is 37.1. The highest BCUT2D eigenvalue weighted by atomic mass is 35.5. The second kappa shape index (κ2) is 18.1. The molecule has 0 fully saturated rings. The zero-order valence-electron chi connectivity index (χ0n) is 27.7. The van der Waals surface area contributed by atoms with Gasteiger partial charge in [-0.15, -0.1) is 10.2 Å². The lowest BCUT2D eigenvalue weighted by molar-refractivity contribution is -0.142. The van der Waals surface area contributed by atoms with E-state index in [1.54, 1.807) is 0 Å². The number of aromatic nitrogens is 4. The Kier molecular flexibility index (Phi) is 14.8. The Morgan fingerprint density at radius 3 is 2.36 bits per heavy atom. The minimum atomic E-state index is -5.06. The summed E-state index contributed by atoms with van der Waals surface area (Å²) in [7, 11) is -3.43. The van der Waals surface area contributed by atoms with Gasteiger partial charge in [0.1, 0.15) is 11.3 Å². The molecular formula is C31H37ClF5N5O6S2. The fourth-order valence-electron chi connectivity index (χ4n) is 4.57. The maximum atomic E-state index is 13.1. The summed E-state index contributed by atoms with van der Waals surface area (Å²) in [6, 6.07) is 11.0. The number of carbonyl (C=O) groups is 1. The Hall–Kier alpha value is -3.51. The first-order chi connectivity index (χ1) is 23.4. The molecular weight excluding hydrogens is 733 g/mol. The van der Waals surface area contributed by atoms with Crippen molar-refractivity contribution in [2.24, 2.45) is 12.2 Å². The van der Waals surface area contributed by atoms with Crippen molar-refractivity contribution < 1.29 is 49.5 Å². The van der Waals surface area contributed by atoms with Crippen molar-refractivity contribution in [3.05, 3.63) is 52.8 Å². The maximum absolute atomic E-state index is 13.1. The summed E-state index contributed by atoms with van der Waals surface area (Å²) < 4.78 is 98.9. The van der Waals surface area contributed by atoms with Crippen LogP contribution in [0, 0.1) is 0 Å². The lowest BCUT2D eigenvalue weighted by Gasteiger charge is -2.13. The van der Waals surface area contributed by atoms with Crippen LogP contribution in [-0.2, 0) is 33.7 Å². The van der Waals surface area contributed by atoms with Gasteiger partial charge in [0.15, 0.2) is 31.5 Å². The van der Waals surface area contributed by atoms with Gasteiger partial charge in [-0.1, -0.05) is 86.1 Å². The van der Waals surface area contributed by atoms with Crippen molar-refractivity contribution in [2.75, 3.05) is 5.75 Å². The molecule has 1 aromatic carbocycles. The first kappa shape index (κ1) is 40.9. The van der Waals surface area contributed by atoms with E-state index in [1.807, 2.05) is 30.3 Å². The van der Waals surface area contributed by atoms with Crippen LogP contribution in [0.1, 0.15) is 77.0 Å². The third kappa shape index (κ3) is 12.4. The molecule has 0 radical (unpaired) electrons. The lowest BCUT2D eigenvalue weighted by atomic mass is 10.1. The van der Waals surface area contributed by atoms with Crippen LogP contribution in [0.4, 0.5) is 26.7 Å². The van der Waals surface area contributed by atoms with E-state index < -0.39 is 56.2 Å². The van der Waals surface area contributed by atoms with Gasteiger partial charge in [0.2, 0.25) is 5.88 Å². The Morgan fingerprint density at radius 2 is 1.76 bits per heavy atom. The Balaban J connectivity index is 0.000000270. The topological polar surface area (TPSA) is 135 Å². The van der Waals surface area contributed by atoms with Crippen molar-refractivity contribution in [3.8, 4) is 22.9 Å². The first-order valence-electron chi connectivity index (χ1n) is 15.4. The zero-order valence-corrected chi connectivity index (χ0v) is 30.1. The number of oxime groups is 1. The van der Waals surface area contributed by atoms with Crippen molar-refractivity contribution in [1.82, 2.24) is 20.0 Å². The van der Waals surface area contributed by atoms with E-state index in [9.17, 15) is 35.2 Å². The number of carbonyl (C=O) groups excluding carboxylic acids is 1. The number of sulfone groups is 1. The average Bonchev–Trinajstić information content (AvgIpc) is 3.56. The smallest absolute Gasteiger partial charge is 0.417 e. The number of halogens is 6. The van der Waals surface area contributed by atoms with Gasteiger partial charge < -0.3 is 14.3 Å². The van der Waals surface area contributed by atoms with E-state index in [4.69, 9.17) is 21.2 Å². The van der Waals surface area contributed by atoms with Crippen LogP contribution < -0.4 is 9.47 Å². The van der Waals surface area contributed by atoms with Gasteiger partial charge in [0, 0.05) is 30.9 Å². The molecule has 0 bridgehead atoms. The molecule has 0 saturated carbocycles. The summed E-state index contributed by atoms with van der Waals surface area (Å²) in [5, 5.41) is 13.8. The summed E-state index contributed by atoms with van der Waals surface area (Å²) in [6.45, 7) is 1.82. The minimum Gasteiger partial charge on any atom is -0.417 e. The van der Waals surface area contributed by atoms with Gasteiger partial charge in [-0.3, -0.25) is 0 Å². The molecule has 0 N–H and O–H groups in total. The van der Waals surface area contributed by atoms with Crippen LogP contribution >= 0.6 is 23.4 Å². The third-order valence-electron chi connectivity index (χ3n) is 6.91. The molecule has 2 aromatic heterocycles. The minimum absolute atomic E-state index is 0.165. The molecule has 0 saturated heterocycles. The molecule has 0 spiro atoms. The first-order valence-corrected chi connectivity index (χ1v) is 18.4. The number of unbranched alkanes of at least 4 members (excludes halogenated alkanes) is 5. The van der Waals surface area contributed by atoms with E-state index in [2.05, 4.69) is 32.1 Å². The van der Waals surface area contributed by atoms with Crippen molar-refractivity contribution in [3.63, 3.8) is 0 Å². The third-order valence-corrected chi connectivity index (χ3v) is 9.51. The van der Waals surface area contributed by atoms with Crippen LogP contribution in [0.3, 0.4) is 0 Å². The van der Waals surface area contributed by atoms with Gasteiger partial charge >= 0.3 is 18.1 Å². The van der Waals surface area contributed by atoms with Crippen LogP contribution in [0.15, 0.2) is 41.6 Å². The fraction of sp³-hybridized carbons (Fsp3) is 0.516. The van der Waals surface area contributed by atoms with Crippen LogP contribution in [0.5, 0.6) is 11.6 Å². The SMILES string of the molecule is CCCCCCCCSC(=O)Oc1cc(Cl)nnc1-c1ccccc1.Cn1nc(C(F)(F)F)c(CS(=O)(=O)C2=NOC(C)(C)C2)c1OC(F)F. The van der Waals surface area contributed by atoms with Gasteiger partial charge in [0.05, 0.1) is 11.3 Å². The average molecular weight is 770 g/mol. The number of rotatable bonds is 13. The standard InChI is InChI=1S/C19H23ClN2O2S.C12H14F5N3O4S/c1-2-3-4-5-6-10-13-25-19(23)24-16-14-17(20)21-22-18(16)15-11-8-7-9-12-15;1-11(2)4-7(19-24-11)25(21,22)5-6-8(12(15,16)17)18-20(3)9(6)23-10(13)14/h7-9,11-12,14H,2-6,10,13H2,1H3;10H,4-5H2,1-3H3. The van der Waals surface area contributed by atoms with Crippen molar-refractivity contribution in [2.45, 2.75) is 89.9 Å². The van der Waals surface area contributed by atoms with Crippen LogP contribution in [0.2, 0.25) is 5.15 Å². The molecule has 0 unspecified atom stereocenters. The Labute approximate surface area is 295 Å². The Bertz CT molecular complexity index is 1720. The quantitative estimate of drug-likeness (QED) is 0.0943. The molecule has 0 amide bonds. The number of hydrogen-bond acceptors (Lipinski definition) is 11. The molecule has 0 aliphatic carbocycles. The number of benzene rings is 1. The van der Waals surface area contributed by atoms with Crippen LogP contribution in [-0.4, -0.2) is 56.7 Å². The Morgan fingerprint density at radius 1 is 1.10 bits per heavy atom. The van der Waals surface area contributed by atoms with Gasteiger partial charge in [-0.25, -0.2) is 17.9 Å². The highest BCUT2D eigenvalue weighted by Gasteiger charge is 2.43. The molecule has 1 aliphatic rings. The van der Waals surface area contributed by atoms with E-state index in [0.717, 1.165) is 31.2 Å². The number of nitrogens with zero attached hydrogens (tertiary/aromatic N) is 5. The van der Waals surface area contributed by atoms with Gasteiger partial charge in [0.25, 0.3) is 0 Å². The van der Waals surface area contributed by atoms with Gasteiger partial charge in [-0.2, -0.15) is 27.1 Å². The molecule has 0 atom stereocenters. The molecule has 50 heavy (non-hydrogen) atoms. The number of ether oxygens (including phenoxy) is 2. The highest BCUT2D eigenvalue weighted by Crippen LogP contribution is 2.38. The van der Waals surface area contributed by atoms with Crippen molar-refractivity contribution in [1.29, 1.82) is 0 Å². The summed E-state index contributed by atoms with van der Waals surface area (Å²) in [5.74, 6) is -1.13. The maximum Gasteiger partial charge on any atom is 0.435 e. The van der Waals surface area contributed by atoms with Crippen molar-refractivity contribution >= 4 is 43.5 Å². The molecule has 3 heterocycles. The van der Waals surface area contributed by atoms with Crippen LogP contribution in [0.25, 0.3) is 11.3 Å². The predicted octanol–water partition coefficient (Wildman–Crippen LogP) is 8.86. The second-order valence-corrected chi connectivity index (χ2v) is 15.0.